The van der Waals surface area contributed by atoms with E-state index in [4.69, 9.17) is 9.47 Å². The average molecular weight is 398 g/mol. The fourth-order valence-corrected chi connectivity index (χ4v) is 3.57. The van der Waals surface area contributed by atoms with Crippen LogP contribution in [0.15, 0.2) is 60.7 Å². The number of carboxylic acid groups (broad SMARTS) is 1. The third-order valence-electron chi connectivity index (χ3n) is 5.13. The summed E-state index contributed by atoms with van der Waals surface area (Å²) in [5, 5.41) is 9.30. The molecule has 2 aromatic rings. The molecular formula is C22H26N2O5. The molecule has 154 valence electrons. The first kappa shape index (κ1) is 20.7. The first-order valence-electron chi connectivity index (χ1n) is 9.60. The predicted octanol–water partition coefficient (Wildman–Crippen LogP) is 3.59. The maximum Gasteiger partial charge on any atom is 0.410 e. The number of likely N-dealkylation sites (tertiary alicyclic amines) is 1. The van der Waals surface area contributed by atoms with E-state index in [1.165, 1.54) is 4.90 Å². The van der Waals surface area contributed by atoms with Crippen LogP contribution in [-0.2, 0) is 22.6 Å². The largest absolute Gasteiger partial charge is 0.465 e. The normalized spacial score (nSPS) is 18.9. The minimum atomic E-state index is -0.980. The molecule has 2 amide bonds. The second-order valence-corrected chi connectivity index (χ2v) is 7.01. The zero-order valence-corrected chi connectivity index (χ0v) is 16.4. The van der Waals surface area contributed by atoms with Crippen molar-refractivity contribution >= 4 is 12.2 Å². The Hall–Kier alpha value is -3.06. The van der Waals surface area contributed by atoms with Gasteiger partial charge in [0.25, 0.3) is 0 Å². The zero-order valence-electron chi connectivity index (χ0n) is 16.4. The van der Waals surface area contributed by atoms with Crippen molar-refractivity contribution in [3.8, 4) is 0 Å². The summed E-state index contributed by atoms with van der Waals surface area (Å²) in [4.78, 5) is 27.3. The van der Waals surface area contributed by atoms with Crippen LogP contribution < -0.4 is 0 Å². The minimum Gasteiger partial charge on any atom is -0.465 e. The van der Waals surface area contributed by atoms with E-state index in [-0.39, 0.29) is 19.2 Å². The van der Waals surface area contributed by atoms with Crippen LogP contribution in [0.1, 0.15) is 17.5 Å². The van der Waals surface area contributed by atoms with Gasteiger partial charge in [-0.3, -0.25) is 4.90 Å². The van der Waals surface area contributed by atoms with E-state index in [0.29, 0.717) is 19.5 Å². The average Bonchev–Trinajstić information content (AvgIpc) is 2.76. The third-order valence-corrected chi connectivity index (χ3v) is 5.13. The van der Waals surface area contributed by atoms with E-state index in [1.54, 1.807) is 12.0 Å². The van der Waals surface area contributed by atoms with Gasteiger partial charge in [0, 0.05) is 20.2 Å². The van der Waals surface area contributed by atoms with E-state index in [0.717, 1.165) is 11.1 Å². The Morgan fingerprint density at radius 1 is 1.07 bits per heavy atom. The monoisotopic (exact) mass is 398 g/mol. The molecule has 0 unspecified atom stereocenters. The topological polar surface area (TPSA) is 79.3 Å². The summed E-state index contributed by atoms with van der Waals surface area (Å²) < 4.78 is 11.1. The molecule has 7 heteroatoms. The number of amides is 2. The van der Waals surface area contributed by atoms with Crippen LogP contribution in [0.2, 0.25) is 0 Å². The van der Waals surface area contributed by atoms with Crippen LogP contribution >= 0.6 is 0 Å². The van der Waals surface area contributed by atoms with Gasteiger partial charge in [-0.15, -0.1) is 0 Å². The van der Waals surface area contributed by atoms with Gasteiger partial charge in [0.2, 0.25) is 0 Å². The molecule has 0 aromatic heterocycles. The Morgan fingerprint density at radius 3 is 2.28 bits per heavy atom. The van der Waals surface area contributed by atoms with E-state index >= 15 is 0 Å². The molecule has 1 fully saturated rings. The molecule has 0 saturated carbocycles. The number of hydrogen-bond donors (Lipinski definition) is 1. The molecule has 29 heavy (non-hydrogen) atoms. The predicted molar refractivity (Wildman–Crippen MR) is 107 cm³/mol. The van der Waals surface area contributed by atoms with Crippen molar-refractivity contribution < 1.29 is 24.2 Å². The molecule has 1 aliphatic heterocycles. The first-order chi connectivity index (χ1) is 14.1. The van der Waals surface area contributed by atoms with E-state index in [9.17, 15) is 14.7 Å². The smallest absolute Gasteiger partial charge is 0.410 e. The van der Waals surface area contributed by atoms with Gasteiger partial charge in [0.05, 0.1) is 18.7 Å². The first-order valence-corrected chi connectivity index (χ1v) is 9.60. The maximum absolute atomic E-state index is 13.0. The Morgan fingerprint density at radius 2 is 1.69 bits per heavy atom. The highest BCUT2D eigenvalue weighted by Crippen LogP contribution is 2.23. The number of benzene rings is 2. The molecule has 2 atom stereocenters. The molecule has 1 N–H and O–H groups in total. The number of methoxy groups -OCH3 is 1. The lowest BCUT2D eigenvalue weighted by Crippen LogP contribution is -2.57. The van der Waals surface area contributed by atoms with Crippen molar-refractivity contribution in [2.24, 2.45) is 0 Å². The molecule has 1 heterocycles. The van der Waals surface area contributed by atoms with Gasteiger partial charge in [-0.1, -0.05) is 60.7 Å². The SMILES string of the molecule is CO[C@H]1CN(C(=O)O)CC[C@H]1N(Cc1ccccc1)C(=O)OCc1ccccc1. The van der Waals surface area contributed by atoms with E-state index in [2.05, 4.69) is 0 Å². The number of nitrogens with zero attached hydrogens (tertiary/aromatic N) is 2. The number of hydrogen-bond acceptors (Lipinski definition) is 4. The molecule has 3 rings (SSSR count). The standard InChI is InChI=1S/C22H26N2O5/c1-28-20-15-23(21(25)26)13-12-19(20)24(14-17-8-4-2-5-9-17)22(27)29-16-18-10-6-3-7-11-18/h2-11,19-20H,12-16H2,1H3,(H,25,26)/t19-,20+/m1/s1. The van der Waals surface area contributed by atoms with Crippen molar-refractivity contribution in [1.29, 1.82) is 0 Å². The highest BCUT2D eigenvalue weighted by atomic mass is 16.6. The van der Waals surface area contributed by atoms with Crippen LogP contribution in [0, 0.1) is 0 Å². The second-order valence-electron chi connectivity index (χ2n) is 7.01. The lowest BCUT2D eigenvalue weighted by Gasteiger charge is -2.41. The molecular weight excluding hydrogens is 372 g/mol. The Labute approximate surface area is 170 Å². The van der Waals surface area contributed by atoms with Gasteiger partial charge in [-0.2, -0.15) is 0 Å². The molecule has 7 nitrogen and oxygen atoms in total. The van der Waals surface area contributed by atoms with Gasteiger partial charge in [0.1, 0.15) is 6.61 Å². The Kier molecular flexibility index (Phi) is 7.08. The third kappa shape index (κ3) is 5.48. The van der Waals surface area contributed by atoms with Gasteiger partial charge < -0.3 is 19.5 Å². The highest BCUT2D eigenvalue weighted by molar-refractivity contribution is 5.69. The Bertz CT molecular complexity index is 799. The summed E-state index contributed by atoms with van der Waals surface area (Å²) >= 11 is 0. The van der Waals surface area contributed by atoms with Gasteiger partial charge in [-0.25, -0.2) is 9.59 Å². The lowest BCUT2D eigenvalue weighted by atomic mass is 9.99. The molecule has 1 aliphatic rings. The second kappa shape index (κ2) is 9.93. The fraction of sp³-hybridized carbons (Fsp3) is 0.364. The summed E-state index contributed by atoms with van der Waals surface area (Å²) in [6.07, 6.45) is -1.36. The Balaban J connectivity index is 1.76. The number of ether oxygens (including phenoxy) is 2. The molecule has 0 spiro atoms. The molecule has 0 bridgehead atoms. The van der Waals surface area contributed by atoms with Crippen LogP contribution in [-0.4, -0.2) is 59.4 Å². The summed E-state index contributed by atoms with van der Waals surface area (Å²) in [5.41, 5.74) is 1.88. The van der Waals surface area contributed by atoms with Crippen molar-refractivity contribution in [3.05, 3.63) is 71.8 Å². The van der Waals surface area contributed by atoms with Crippen LogP contribution in [0.4, 0.5) is 9.59 Å². The number of carbonyl (C=O) groups excluding carboxylic acids is 1. The molecule has 0 radical (unpaired) electrons. The van der Waals surface area contributed by atoms with E-state index in [1.807, 2.05) is 60.7 Å². The number of piperidine rings is 1. The summed E-state index contributed by atoms with van der Waals surface area (Å²) in [5.74, 6) is 0. The molecule has 0 aliphatic carbocycles. The lowest BCUT2D eigenvalue weighted by molar-refractivity contribution is -0.0347. The van der Waals surface area contributed by atoms with Crippen LogP contribution in [0.25, 0.3) is 0 Å². The van der Waals surface area contributed by atoms with E-state index < -0.39 is 18.3 Å². The quantitative estimate of drug-likeness (QED) is 0.804. The molecule has 2 aromatic carbocycles. The van der Waals surface area contributed by atoms with Crippen LogP contribution in [0.5, 0.6) is 0 Å². The zero-order chi connectivity index (χ0) is 20.6. The van der Waals surface area contributed by atoms with Crippen molar-refractivity contribution in [2.45, 2.75) is 31.7 Å². The van der Waals surface area contributed by atoms with Crippen molar-refractivity contribution in [1.82, 2.24) is 9.80 Å². The minimum absolute atomic E-state index is 0.177. The van der Waals surface area contributed by atoms with Crippen molar-refractivity contribution in [2.75, 3.05) is 20.2 Å². The van der Waals surface area contributed by atoms with Gasteiger partial charge in [-0.05, 0) is 17.5 Å². The fourth-order valence-electron chi connectivity index (χ4n) is 3.57. The molecule has 1 saturated heterocycles. The van der Waals surface area contributed by atoms with Crippen LogP contribution in [0.3, 0.4) is 0 Å². The summed E-state index contributed by atoms with van der Waals surface area (Å²) in [7, 11) is 1.54. The highest BCUT2D eigenvalue weighted by Gasteiger charge is 2.38. The summed E-state index contributed by atoms with van der Waals surface area (Å²) in [6, 6.07) is 18.9. The van der Waals surface area contributed by atoms with Gasteiger partial charge in [0.15, 0.2) is 0 Å². The maximum atomic E-state index is 13.0. The summed E-state index contributed by atoms with van der Waals surface area (Å²) in [6.45, 7) is 1.10. The van der Waals surface area contributed by atoms with Gasteiger partial charge >= 0.3 is 12.2 Å². The number of rotatable bonds is 6. The number of carbonyl (C=O) groups is 2. The van der Waals surface area contributed by atoms with Crippen molar-refractivity contribution in [3.63, 3.8) is 0 Å².